The Bertz CT molecular complexity index is 399. The van der Waals surface area contributed by atoms with Crippen molar-refractivity contribution in [2.45, 2.75) is 39.3 Å². The van der Waals surface area contributed by atoms with Gasteiger partial charge in [-0.25, -0.2) is 0 Å². The standard InChI is InChI=1S/C13H21N3O2/c1-2-7-16-12(5-6-14-16)9-15(10-13(17)18)8-11-3-4-11/h5-6,11H,2-4,7-10H2,1H3,(H,17,18). The molecule has 5 heteroatoms. The third-order valence-electron chi connectivity index (χ3n) is 3.20. The Morgan fingerprint density at radius 1 is 1.61 bits per heavy atom. The molecule has 100 valence electrons. The number of carbonyl (C=O) groups is 1. The van der Waals surface area contributed by atoms with E-state index in [1.54, 1.807) is 6.20 Å². The maximum atomic E-state index is 10.9. The highest BCUT2D eigenvalue weighted by atomic mass is 16.4. The Morgan fingerprint density at radius 3 is 3.00 bits per heavy atom. The van der Waals surface area contributed by atoms with Gasteiger partial charge in [0.05, 0.1) is 12.2 Å². The topological polar surface area (TPSA) is 58.4 Å². The first-order valence-electron chi connectivity index (χ1n) is 6.64. The quantitative estimate of drug-likeness (QED) is 0.762. The van der Waals surface area contributed by atoms with Crippen molar-refractivity contribution in [1.82, 2.24) is 14.7 Å². The Balaban J connectivity index is 1.96. The molecule has 0 aliphatic heterocycles. The minimum absolute atomic E-state index is 0.119. The van der Waals surface area contributed by atoms with Gasteiger partial charge in [-0.3, -0.25) is 14.4 Å². The van der Waals surface area contributed by atoms with Crippen LogP contribution in [0.1, 0.15) is 31.9 Å². The lowest BCUT2D eigenvalue weighted by molar-refractivity contribution is -0.138. The first-order chi connectivity index (χ1) is 8.69. The largest absolute Gasteiger partial charge is 0.480 e. The lowest BCUT2D eigenvalue weighted by Gasteiger charge is -2.20. The molecule has 1 fully saturated rings. The van der Waals surface area contributed by atoms with E-state index >= 15 is 0 Å². The van der Waals surface area contributed by atoms with E-state index in [1.165, 1.54) is 12.8 Å². The van der Waals surface area contributed by atoms with Gasteiger partial charge in [-0.1, -0.05) is 6.92 Å². The van der Waals surface area contributed by atoms with Crippen molar-refractivity contribution in [2.75, 3.05) is 13.1 Å². The van der Waals surface area contributed by atoms with E-state index in [9.17, 15) is 4.79 Å². The molecule has 0 saturated heterocycles. The summed E-state index contributed by atoms with van der Waals surface area (Å²) in [5.41, 5.74) is 1.11. The van der Waals surface area contributed by atoms with Crippen molar-refractivity contribution in [3.63, 3.8) is 0 Å². The molecule has 0 amide bonds. The molecule has 1 heterocycles. The number of hydrogen-bond acceptors (Lipinski definition) is 3. The molecule has 0 bridgehead atoms. The fourth-order valence-electron chi connectivity index (χ4n) is 2.18. The number of hydrogen-bond donors (Lipinski definition) is 1. The van der Waals surface area contributed by atoms with Crippen LogP contribution in [-0.2, 0) is 17.9 Å². The zero-order valence-corrected chi connectivity index (χ0v) is 10.9. The van der Waals surface area contributed by atoms with Gasteiger partial charge in [0.2, 0.25) is 0 Å². The SMILES string of the molecule is CCCn1nccc1CN(CC(=O)O)CC1CC1. The summed E-state index contributed by atoms with van der Waals surface area (Å²) in [6.07, 6.45) is 5.31. The lowest BCUT2D eigenvalue weighted by atomic mass is 10.3. The minimum Gasteiger partial charge on any atom is -0.480 e. The molecule has 0 radical (unpaired) electrons. The number of aryl methyl sites for hydroxylation is 1. The van der Waals surface area contributed by atoms with E-state index < -0.39 is 5.97 Å². The fraction of sp³-hybridized carbons (Fsp3) is 0.692. The first-order valence-corrected chi connectivity index (χ1v) is 6.64. The zero-order valence-electron chi connectivity index (χ0n) is 10.9. The third kappa shape index (κ3) is 3.84. The van der Waals surface area contributed by atoms with E-state index in [0.29, 0.717) is 12.5 Å². The predicted molar refractivity (Wildman–Crippen MR) is 68.2 cm³/mol. The Morgan fingerprint density at radius 2 is 2.39 bits per heavy atom. The van der Waals surface area contributed by atoms with Crippen LogP contribution in [0.4, 0.5) is 0 Å². The number of rotatable bonds is 8. The summed E-state index contributed by atoms with van der Waals surface area (Å²) in [5, 5.41) is 13.2. The number of carboxylic acid groups (broad SMARTS) is 1. The van der Waals surface area contributed by atoms with Gasteiger partial charge in [0.1, 0.15) is 0 Å². The molecule has 0 atom stereocenters. The molecule has 18 heavy (non-hydrogen) atoms. The molecule has 1 aromatic rings. The molecule has 2 rings (SSSR count). The molecular formula is C13H21N3O2. The second kappa shape index (κ2) is 6.00. The summed E-state index contributed by atoms with van der Waals surface area (Å²) in [7, 11) is 0. The van der Waals surface area contributed by atoms with Crippen LogP contribution < -0.4 is 0 Å². The van der Waals surface area contributed by atoms with E-state index in [-0.39, 0.29) is 6.54 Å². The maximum Gasteiger partial charge on any atom is 0.317 e. The second-order valence-corrected chi connectivity index (χ2v) is 5.05. The zero-order chi connectivity index (χ0) is 13.0. The third-order valence-corrected chi connectivity index (χ3v) is 3.20. The van der Waals surface area contributed by atoms with E-state index in [2.05, 4.69) is 12.0 Å². The molecule has 0 unspecified atom stereocenters. The van der Waals surface area contributed by atoms with Gasteiger partial charge in [0, 0.05) is 25.8 Å². The number of aromatic nitrogens is 2. The summed E-state index contributed by atoms with van der Waals surface area (Å²) in [5.74, 6) is -0.0518. The number of nitrogens with zero attached hydrogens (tertiary/aromatic N) is 3. The van der Waals surface area contributed by atoms with Crippen molar-refractivity contribution in [3.05, 3.63) is 18.0 Å². The van der Waals surface area contributed by atoms with Crippen LogP contribution in [0, 0.1) is 5.92 Å². The summed E-state index contributed by atoms with van der Waals surface area (Å²) >= 11 is 0. The van der Waals surface area contributed by atoms with Gasteiger partial charge >= 0.3 is 5.97 Å². The van der Waals surface area contributed by atoms with Crippen molar-refractivity contribution in [3.8, 4) is 0 Å². The molecule has 1 aromatic heterocycles. The normalized spacial score (nSPS) is 15.2. The predicted octanol–water partition coefficient (Wildman–Crippen LogP) is 1.59. The van der Waals surface area contributed by atoms with Crippen LogP contribution in [0.15, 0.2) is 12.3 Å². The molecule has 0 aromatic carbocycles. The van der Waals surface area contributed by atoms with Gasteiger partial charge in [-0.15, -0.1) is 0 Å². The van der Waals surface area contributed by atoms with Gasteiger partial charge < -0.3 is 5.11 Å². The molecular weight excluding hydrogens is 230 g/mol. The van der Waals surface area contributed by atoms with E-state index in [4.69, 9.17) is 5.11 Å². The first kappa shape index (κ1) is 13.1. The highest BCUT2D eigenvalue weighted by Crippen LogP contribution is 2.30. The van der Waals surface area contributed by atoms with Crippen molar-refractivity contribution < 1.29 is 9.90 Å². The highest BCUT2D eigenvalue weighted by Gasteiger charge is 2.25. The molecule has 5 nitrogen and oxygen atoms in total. The van der Waals surface area contributed by atoms with E-state index in [0.717, 1.165) is 25.2 Å². The van der Waals surface area contributed by atoms with Crippen LogP contribution in [0.2, 0.25) is 0 Å². The summed E-state index contributed by atoms with van der Waals surface area (Å²) in [6.45, 7) is 4.71. The molecule has 1 saturated carbocycles. The summed E-state index contributed by atoms with van der Waals surface area (Å²) < 4.78 is 1.97. The van der Waals surface area contributed by atoms with Gasteiger partial charge in [-0.05, 0) is 31.2 Å². The Hall–Kier alpha value is -1.36. The van der Waals surface area contributed by atoms with Crippen molar-refractivity contribution >= 4 is 5.97 Å². The monoisotopic (exact) mass is 251 g/mol. The average Bonchev–Trinajstić information content (AvgIpc) is 3.00. The summed E-state index contributed by atoms with van der Waals surface area (Å²) in [6, 6.07) is 1.98. The maximum absolute atomic E-state index is 10.9. The smallest absolute Gasteiger partial charge is 0.317 e. The summed E-state index contributed by atoms with van der Waals surface area (Å²) in [4.78, 5) is 12.9. The van der Waals surface area contributed by atoms with Crippen LogP contribution >= 0.6 is 0 Å². The lowest BCUT2D eigenvalue weighted by Crippen LogP contribution is -2.32. The van der Waals surface area contributed by atoms with Gasteiger partial charge in [-0.2, -0.15) is 5.10 Å². The number of aliphatic carboxylic acids is 1. The van der Waals surface area contributed by atoms with Crippen LogP contribution in [0.3, 0.4) is 0 Å². The van der Waals surface area contributed by atoms with Crippen LogP contribution in [0.25, 0.3) is 0 Å². The second-order valence-electron chi connectivity index (χ2n) is 5.05. The van der Waals surface area contributed by atoms with Crippen molar-refractivity contribution in [2.24, 2.45) is 5.92 Å². The molecule has 1 aliphatic carbocycles. The average molecular weight is 251 g/mol. The fourth-order valence-corrected chi connectivity index (χ4v) is 2.18. The molecule has 0 spiro atoms. The minimum atomic E-state index is -0.753. The molecule has 1 N–H and O–H groups in total. The van der Waals surface area contributed by atoms with Crippen molar-refractivity contribution in [1.29, 1.82) is 0 Å². The Labute approximate surface area is 107 Å². The van der Waals surface area contributed by atoms with Crippen LogP contribution in [0.5, 0.6) is 0 Å². The number of carboxylic acids is 1. The van der Waals surface area contributed by atoms with Gasteiger partial charge in [0.15, 0.2) is 0 Å². The highest BCUT2D eigenvalue weighted by molar-refractivity contribution is 5.69. The Kier molecular flexibility index (Phi) is 4.36. The van der Waals surface area contributed by atoms with Crippen LogP contribution in [-0.4, -0.2) is 38.8 Å². The molecule has 1 aliphatic rings. The van der Waals surface area contributed by atoms with Gasteiger partial charge in [0.25, 0.3) is 0 Å². The van der Waals surface area contributed by atoms with E-state index in [1.807, 2.05) is 15.6 Å².